The number of amides is 2. The Morgan fingerprint density at radius 3 is 2.96 bits per heavy atom. The summed E-state index contributed by atoms with van der Waals surface area (Å²) in [6.45, 7) is 6.27. The number of hydrogen-bond donors (Lipinski definition) is 1. The molecule has 1 aromatic carbocycles. The van der Waals surface area contributed by atoms with Gasteiger partial charge in [-0.15, -0.1) is 0 Å². The first kappa shape index (κ1) is 16.9. The van der Waals surface area contributed by atoms with Crippen LogP contribution in [0.2, 0.25) is 0 Å². The number of carbonyl (C=O) groups excluding carboxylic acids is 2. The normalized spacial score (nSPS) is 13.1. The van der Waals surface area contributed by atoms with Gasteiger partial charge in [-0.25, -0.2) is 0 Å². The molecular weight excluding hydrogens is 314 g/mol. The first-order valence-electron chi connectivity index (χ1n) is 8.45. The quantitative estimate of drug-likeness (QED) is 0.872. The Morgan fingerprint density at radius 2 is 2.20 bits per heavy atom. The molecule has 25 heavy (non-hydrogen) atoms. The van der Waals surface area contributed by atoms with E-state index in [1.807, 2.05) is 25.1 Å². The molecule has 128 valence electrons. The molecule has 0 aliphatic carbocycles. The Bertz CT molecular complexity index is 829. The molecule has 0 saturated carbocycles. The molecule has 0 fully saturated rings. The minimum absolute atomic E-state index is 0.110. The van der Waals surface area contributed by atoms with Crippen molar-refractivity contribution >= 4 is 23.2 Å². The van der Waals surface area contributed by atoms with Crippen molar-refractivity contribution in [3.63, 3.8) is 0 Å². The van der Waals surface area contributed by atoms with Crippen LogP contribution in [0.15, 0.2) is 49.3 Å². The van der Waals surface area contributed by atoms with Crippen molar-refractivity contribution in [2.75, 3.05) is 16.8 Å². The summed E-state index contributed by atoms with van der Waals surface area (Å²) in [5.74, 6) is -0.279. The summed E-state index contributed by atoms with van der Waals surface area (Å²) >= 11 is 0. The molecule has 5 heteroatoms. The van der Waals surface area contributed by atoms with Crippen LogP contribution in [0.25, 0.3) is 0 Å². The van der Waals surface area contributed by atoms with Crippen molar-refractivity contribution in [2.45, 2.75) is 26.2 Å². The lowest BCUT2D eigenvalue weighted by Gasteiger charge is -2.29. The molecule has 0 unspecified atom stereocenters. The van der Waals surface area contributed by atoms with Gasteiger partial charge in [0.2, 0.25) is 5.91 Å². The highest BCUT2D eigenvalue weighted by Crippen LogP contribution is 2.28. The lowest BCUT2D eigenvalue weighted by Crippen LogP contribution is -2.34. The topological polar surface area (TPSA) is 62.3 Å². The summed E-state index contributed by atoms with van der Waals surface area (Å²) < 4.78 is 0. The predicted octanol–water partition coefficient (Wildman–Crippen LogP) is 3.36. The molecule has 3 rings (SSSR count). The fourth-order valence-electron chi connectivity index (χ4n) is 3.12. The van der Waals surface area contributed by atoms with E-state index >= 15 is 0 Å². The smallest absolute Gasteiger partial charge is 0.255 e. The van der Waals surface area contributed by atoms with Crippen LogP contribution in [0.1, 0.15) is 34.8 Å². The zero-order valence-corrected chi connectivity index (χ0v) is 14.3. The van der Waals surface area contributed by atoms with Gasteiger partial charge in [0.05, 0.1) is 11.9 Å². The second-order valence-corrected chi connectivity index (χ2v) is 5.98. The van der Waals surface area contributed by atoms with E-state index in [1.54, 1.807) is 23.4 Å². The van der Waals surface area contributed by atoms with Gasteiger partial charge < -0.3 is 10.2 Å². The van der Waals surface area contributed by atoms with Crippen molar-refractivity contribution in [2.24, 2.45) is 0 Å². The Hall–Kier alpha value is -2.95. The molecule has 0 radical (unpaired) electrons. The lowest BCUT2D eigenvalue weighted by atomic mass is 9.98. The van der Waals surface area contributed by atoms with Crippen molar-refractivity contribution in [1.29, 1.82) is 0 Å². The number of nitrogens with zero attached hydrogens (tertiary/aromatic N) is 2. The van der Waals surface area contributed by atoms with Gasteiger partial charge in [-0.3, -0.25) is 14.6 Å². The van der Waals surface area contributed by atoms with Crippen LogP contribution in [0.3, 0.4) is 0 Å². The first-order valence-corrected chi connectivity index (χ1v) is 8.45. The SMILES string of the molecule is C=CC(=O)N1CCCc2cc(C(=O)Nc3cnccc3CC)ccc21. The fourth-order valence-corrected chi connectivity index (χ4v) is 3.12. The van der Waals surface area contributed by atoms with Crippen molar-refractivity contribution in [3.05, 3.63) is 66.0 Å². The van der Waals surface area contributed by atoms with E-state index in [4.69, 9.17) is 0 Å². The Morgan fingerprint density at radius 1 is 1.36 bits per heavy atom. The summed E-state index contributed by atoms with van der Waals surface area (Å²) in [5.41, 5.74) is 4.23. The van der Waals surface area contributed by atoms with Gasteiger partial charge in [-0.05, 0) is 60.7 Å². The number of rotatable bonds is 4. The molecule has 0 saturated heterocycles. The van der Waals surface area contributed by atoms with Gasteiger partial charge in [0, 0.05) is 24.0 Å². The van der Waals surface area contributed by atoms with E-state index in [-0.39, 0.29) is 11.8 Å². The molecule has 0 spiro atoms. The number of pyridine rings is 1. The maximum Gasteiger partial charge on any atom is 0.255 e. The molecule has 2 aromatic rings. The number of hydrogen-bond acceptors (Lipinski definition) is 3. The van der Waals surface area contributed by atoms with Crippen LogP contribution in [0.5, 0.6) is 0 Å². The Labute approximate surface area is 147 Å². The summed E-state index contributed by atoms with van der Waals surface area (Å²) in [6.07, 6.45) is 7.26. The number of anilines is 2. The standard InChI is InChI=1S/C20H21N3O2/c1-3-14-9-10-21-13-17(14)22-20(25)16-7-8-18-15(12-16)6-5-11-23(18)19(24)4-2/h4,7-10,12-13H,2-3,5-6,11H2,1H3,(H,22,25). The first-order chi connectivity index (χ1) is 12.1. The average Bonchev–Trinajstić information content (AvgIpc) is 2.66. The van der Waals surface area contributed by atoms with Crippen LogP contribution < -0.4 is 10.2 Å². The van der Waals surface area contributed by atoms with E-state index in [2.05, 4.69) is 16.9 Å². The van der Waals surface area contributed by atoms with Crippen molar-refractivity contribution in [1.82, 2.24) is 4.98 Å². The third-order valence-electron chi connectivity index (χ3n) is 4.44. The van der Waals surface area contributed by atoms with Gasteiger partial charge >= 0.3 is 0 Å². The number of benzene rings is 1. The van der Waals surface area contributed by atoms with Crippen molar-refractivity contribution < 1.29 is 9.59 Å². The highest BCUT2D eigenvalue weighted by atomic mass is 16.2. The second-order valence-electron chi connectivity index (χ2n) is 5.98. The Kier molecular flexibility index (Phi) is 4.93. The van der Waals surface area contributed by atoms with Crippen LogP contribution >= 0.6 is 0 Å². The lowest BCUT2D eigenvalue weighted by molar-refractivity contribution is -0.114. The highest BCUT2D eigenvalue weighted by Gasteiger charge is 2.22. The number of fused-ring (bicyclic) bond motifs is 1. The minimum atomic E-state index is -0.169. The summed E-state index contributed by atoms with van der Waals surface area (Å²) in [4.78, 5) is 30.4. The fraction of sp³-hybridized carbons (Fsp3) is 0.250. The van der Waals surface area contributed by atoms with Gasteiger partial charge in [0.25, 0.3) is 5.91 Å². The van der Waals surface area contributed by atoms with E-state index in [0.717, 1.165) is 41.8 Å². The Balaban J connectivity index is 1.85. The zero-order valence-electron chi connectivity index (χ0n) is 14.3. The number of carbonyl (C=O) groups is 2. The number of aryl methyl sites for hydroxylation is 2. The van der Waals surface area contributed by atoms with E-state index < -0.39 is 0 Å². The number of nitrogens with one attached hydrogen (secondary N) is 1. The van der Waals surface area contributed by atoms with Crippen LogP contribution in [-0.2, 0) is 17.6 Å². The molecule has 5 nitrogen and oxygen atoms in total. The molecule has 0 bridgehead atoms. The van der Waals surface area contributed by atoms with Crippen LogP contribution in [0.4, 0.5) is 11.4 Å². The summed E-state index contributed by atoms with van der Waals surface area (Å²) in [6, 6.07) is 7.37. The van der Waals surface area contributed by atoms with Crippen LogP contribution in [-0.4, -0.2) is 23.3 Å². The molecule has 1 aliphatic rings. The zero-order chi connectivity index (χ0) is 17.8. The molecule has 0 atom stereocenters. The molecule has 2 amide bonds. The molecule has 1 aliphatic heterocycles. The monoisotopic (exact) mass is 335 g/mol. The molecule has 1 N–H and O–H groups in total. The maximum atomic E-state index is 12.6. The second kappa shape index (κ2) is 7.30. The maximum absolute atomic E-state index is 12.6. The van der Waals surface area contributed by atoms with Gasteiger partial charge in [0.1, 0.15) is 0 Å². The van der Waals surface area contributed by atoms with E-state index in [0.29, 0.717) is 12.1 Å². The molecule has 1 aromatic heterocycles. The average molecular weight is 335 g/mol. The van der Waals surface area contributed by atoms with Gasteiger partial charge in [-0.2, -0.15) is 0 Å². The third kappa shape index (κ3) is 3.45. The summed E-state index contributed by atoms with van der Waals surface area (Å²) in [7, 11) is 0. The third-order valence-corrected chi connectivity index (χ3v) is 4.44. The minimum Gasteiger partial charge on any atom is -0.320 e. The molecular formula is C20H21N3O2. The van der Waals surface area contributed by atoms with Gasteiger partial charge in [0.15, 0.2) is 0 Å². The van der Waals surface area contributed by atoms with E-state index in [9.17, 15) is 9.59 Å². The van der Waals surface area contributed by atoms with E-state index in [1.165, 1.54) is 6.08 Å². The predicted molar refractivity (Wildman–Crippen MR) is 98.9 cm³/mol. The summed E-state index contributed by atoms with van der Waals surface area (Å²) in [5, 5.41) is 2.93. The van der Waals surface area contributed by atoms with Gasteiger partial charge in [-0.1, -0.05) is 13.5 Å². The molecule has 2 heterocycles. The highest BCUT2D eigenvalue weighted by molar-refractivity contribution is 6.06. The number of aromatic nitrogens is 1. The van der Waals surface area contributed by atoms with Crippen LogP contribution in [0, 0.1) is 0 Å². The largest absolute Gasteiger partial charge is 0.320 e. The van der Waals surface area contributed by atoms with Crippen molar-refractivity contribution in [3.8, 4) is 0 Å².